The fourth-order valence-corrected chi connectivity index (χ4v) is 2.25. The number of nitro benzene ring substituents is 1. The van der Waals surface area contributed by atoms with Crippen LogP contribution in [-0.4, -0.2) is 34.8 Å². The number of hydrogen-bond acceptors (Lipinski definition) is 5. The number of nitrogens with one attached hydrogen (secondary N) is 1. The molecule has 0 amide bonds. The quantitative estimate of drug-likeness (QED) is 0.612. The molecule has 0 aliphatic heterocycles. The molecule has 0 spiro atoms. The molecule has 0 radical (unpaired) electrons. The second-order valence-electron chi connectivity index (χ2n) is 4.68. The summed E-state index contributed by atoms with van der Waals surface area (Å²) in [6.07, 6.45) is 1.95. The summed E-state index contributed by atoms with van der Waals surface area (Å²) in [5.74, 6) is -1.30. The van der Waals surface area contributed by atoms with Crippen LogP contribution < -0.4 is 5.32 Å². The highest BCUT2D eigenvalue weighted by atomic mass is 16.6. The van der Waals surface area contributed by atoms with Crippen LogP contribution in [0.4, 0.5) is 11.4 Å². The van der Waals surface area contributed by atoms with Crippen LogP contribution in [0.5, 0.6) is 0 Å². The van der Waals surface area contributed by atoms with E-state index in [4.69, 9.17) is 9.84 Å². The van der Waals surface area contributed by atoms with Gasteiger partial charge in [-0.1, -0.05) is 0 Å². The van der Waals surface area contributed by atoms with E-state index >= 15 is 0 Å². The van der Waals surface area contributed by atoms with Gasteiger partial charge in [-0.3, -0.25) is 10.1 Å². The van der Waals surface area contributed by atoms with Gasteiger partial charge in [-0.05, 0) is 31.9 Å². The molecule has 1 aliphatic rings. The van der Waals surface area contributed by atoms with Crippen LogP contribution in [0.25, 0.3) is 0 Å². The lowest BCUT2D eigenvalue weighted by atomic mass is 9.89. The first-order valence-corrected chi connectivity index (χ1v) is 6.41. The minimum atomic E-state index is -1.30. The molecule has 0 heterocycles. The van der Waals surface area contributed by atoms with Crippen molar-refractivity contribution in [3.8, 4) is 0 Å². The topological polar surface area (TPSA) is 102 Å². The number of anilines is 1. The third kappa shape index (κ3) is 3.05. The fraction of sp³-hybridized carbons (Fsp3) is 0.462. The third-order valence-electron chi connectivity index (χ3n) is 3.29. The Bertz CT molecular complexity index is 525. The van der Waals surface area contributed by atoms with E-state index in [2.05, 4.69) is 5.32 Å². The average molecular weight is 280 g/mol. The zero-order valence-electron chi connectivity index (χ0n) is 11.0. The van der Waals surface area contributed by atoms with Crippen molar-refractivity contribution in [3.63, 3.8) is 0 Å². The largest absolute Gasteiger partial charge is 0.477 e. The highest BCUT2D eigenvalue weighted by molar-refractivity contribution is 5.93. The lowest BCUT2D eigenvalue weighted by molar-refractivity contribution is -0.385. The monoisotopic (exact) mass is 280 g/mol. The van der Waals surface area contributed by atoms with E-state index in [1.165, 1.54) is 18.2 Å². The van der Waals surface area contributed by atoms with Crippen LogP contribution in [0.2, 0.25) is 0 Å². The number of ether oxygens (including phenoxy) is 1. The highest BCUT2D eigenvalue weighted by Crippen LogP contribution is 2.29. The molecule has 108 valence electrons. The van der Waals surface area contributed by atoms with Gasteiger partial charge in [-0.15, -0.1) is 0 Å². The molecular weight excluding hydrogens is 264 g/mol. The summed E-state index contributed by atoms with van der Waals surface area (Å²) in [4.78, 5) is 21.1. The molecule has 20 heavy (non-hydrogen) atoms. The molecule has 1 aromatic carbocycles. The van der Waals surface area contributed by atoms with E-state index in [0.29, 0.717) is 12.3 Å². The Labute approximate surface area is 115 Å². The Hall–Kier alpha value is -2.15. The summed E-state index contributed by atoms with van der Waals surface area (Å²) in [5.41, 5.74) is -0.127. The number of carbonyl (C=O) groups is 1. The molecule has 1 aliphatic carbocycles. The Morgan fingerprint density at radius 2 is 2.25 bits per heavy atom. The maximum Gasteiger partial charge on any atom is 0.342 e. The number of nitro groups is 1. The van der Waals surface area contributed by atoms with Gasteiger partial charge in [0, 0.05) is 24.4 Å². The van der Waals surface area contributed by atoms with Crippen molar-refractivity contribution >= 4 is 17.3 Å². The minimum absolute atomic E-state index is 0.217. The first-order chi connectivity index (χ1) is 9.51. The molecule has 2 N–H and O–H groups in total. The van der Waals surface area contributed by atoms with Crippen LogP contribution in [-0.2, 0) is 4.74 Å². The second-order valence-corrected chi connectivity index (χ2v) is 4.68. The van der Waals surface area contributed by atoms with Crippen LogP contribution in [0.3, 0.4) is 0 Å². The summed E-state index contributed by atoms with van der Waals surface area (Å²) in [6, 6.07) is 4.26. The van der Waals surface area contributed by atoms with Crippen molar-refractivity contribution in [2.24, 2.45) is 0 Å². The number of carboxylic acids is 1. The van der Waals surface area contributed by atoms with Gasteiger partial charge >= 0.3 is 5.97 Å². The SMILES string of the molecule is CCOC1CC(Nc2ccc([N+](=O)[O-])c(C(=O)O)c2)C1. The Balaban J connectivity index is 2.05. The van der Waals surface area contributed by atoms with Gasteiger partial charge in [-0.2, -0.15) is 0 Å². The first-order valence-electron chi connectivity index (χ1n) is 6.41. The molecule has 2 rings (SSSR count). The van der Waals surface area contributed by atoms with E-state index in [9.17, 15) is 14.9 Å². The van der Waals surface area contributed by atoms with Crippen molar-refractivity contribution in [3.05, 3.63) is 33.9 Å². The van der Waals surface area contributed by atoms with Crippen LogP contribution >= 0.6 is 0 Å². The normalized spacial score (nSPS) is 21.1. The number of rotatable bonds is 6. The molecular formula is C13H16N2O5. The van der Waals surface area contributed by atoms with E-state index < -0.39 is 16.6 Å². The van der Waals surface area contributed by atoms with Crippen LogP contribution in [0, 0.1) is 10.1 Å². The standard InChI is InChI=1S/C13H16N2O5/c1-2-20-10-5-9(6-10)14-8-3-4-12(15(18)19)11(7-8)13(16)17/h3-4,7,9-10,14H,2,5-6H2,1H3,(H,16,17). The van der Waals surface area contributed by atoms with E-state index in [1.807, 2.05) is 6.92 Å². The van der Waals surface area contributed by atoms with Crippen LogP contribution in [0.1, 0.15) is 30.1 Å². The lowest BCUT2D eigenvalue weighted by Gasteiger charge is -2.36. The number of nitrogens with zero attached hydrogens (tertiary/aromatic N) is 1. The van der Waals surface area contributed by atoms with E-state index in [-0.39, 0.29) is 17.7 Å². The molecule has 0 saturated heterocycles. The van der Waals surface area contributed by atoms with Gasteiger partial charge in [0.25, 0.3) is 5.69 Å². The molecule has 0 unspecified atom stereocenters. The number of carboxylic acid groups (broad SMARTS) is 1. The maximum atomic E-state index is 11.0. The molecule has 1 fully saturated rings. The maximum absolute atomic E-state index is 11.0. The molecule has 1 aromatic rings. The molecule has 7 nitrogen and oxygen atoms in total. The van der Waals surface area contributed by atoms with E-state index in [1.54, 1.807) is 0 Å². The smallest absolute Gasteiger partial charge is 0.342 e. The van der Waals surface area contributed by atoms with Gasteiger partial charge in [-0.25, -0.2) is 4.79 Å². The number of aromatic carboxylic acids is 1. The minimum Gasteiger partial charge on any atom is -0.477 e. The molecule has 0 atom stereocenters. The van der Waals surface area contributed by atoms with Gasteiger partial charge in [0.05, 0.1) is 11.0 Å². The van der Waals surface area contributed by atoms with Gasteiger partial charge in [0.15, 0.2) is 0 Å². The second kappa shape index (κ2) is 5.87. The molecule has 1 saturated carbocycles. The lowest BCUT2D eigenvalue weighted by Crippen LogP contribution is -2.40. The number of benzene rings is 1. The van der Waals surface area contributed by atoms with Crippen LogP contribution in [0.15, 0.2) is 18.2 Å². The van der Waals surface area contributed by atoms with Crippen molar-refractivity contribution < 1.29 is 19.6 Å². The summed E-state index contributed by atoms with van der Waals surface area (Å²) in [7, 11) is 0. The Morgan fingerprint density at radius 1 is 1.55 bits per heavy atom. The molecule has 0 aromatic heterocycles. The predicted molar refractivity (Wildman–Crippen MR) is 72.1 cm³/mol. The average Bonchev–Trinajstić information content (AvgIpc) is 2.35. The van der Waals surface area contributed by atoms with Crippen molar-refractivity contribution in [2.75, 3.05) is 11.9 Å². The van der Waals surface area contributed by atoms with Gasteiger partial charge in [0.1, 0.15) is 5.56 Å². The van der Waals surface area contributed by atoms with Gasteiger partial charge < -0.3 is 15.2 Å². The zero-order chi connectivity index (χ0) is 14.7. The van der Waals surface area contributed by atoms with E-state index in [0.717, 1.165) is 12.8 Å². The summed E-state index contributed by atoms with van der Waals surface area (Å²) in [5, 5.41) is 22.9. The van der Waals surface area contributed by atoms with Crippen molar-refractivity contribution in [2.45, 2.75) is 31.9 Å². The zero-order valence-corrected chi connectivity index (χ0v) is 11.0. The molecule has 0 bridgehead atoms. The molecule has 7 heteroatoms. The summed E-state index contributed by atoms with van der Waals surface area (Å²) < 4.78 is 5.43. The Kier molecular flexibility index (Phi) is 4.19. The summed E-state index contributed by atoms with van der Waals surface area (Å²) in [6.45, 7) is 2.62. The van der Waals surface area contributed by atoms with Gasteiger partial charge in [0.2, 0.25) is 0 Å². The fourth-order valence-electron chi connectivity index (χ4n) is 2.25. The van der Waals surface area contributed by atoms with Crippen molar-refractivity contribution in [1.82, 2.24) is 0 Å². The highest BCUT2D eigenvalue weighted by Gasteiger charge is 2.30. The number of hydrogen-bond donors (Lipinski definition) is 2. The first kappa shape index (κ1) is 14.3. The predicted octanol–water partition coefficient (Wildman–Crippen LogP) is 2.27. The third-order valence-corrected chi connectivity index (χ3v) is 3.29. The van der Waals surface area contributed by atoms with Crippen molar-refractivity contribution in [1.29, 1.82) is 0 Å². The summed E-state index contributed by atoms with van der Waals surface area (Å²) >= 11 is 0. The Morgan fingerprint density at radius 3 is 2.80 bits per heavy atom.